The van der Waals surface area contributed by atoms with Crippen LogP contribution in [-0.4, -0.2) is 33.6 Å². The molecule has 8 nitrogen and oxygen atoms in total. The van der Waals surface area contributed by atoms with E-state index in [2.05, 4.69) is 5.10 Å². The molecule has 1 unspecified atom stereocenters. The molecule has 0 aliphatic carbocycles. The van der Waals surface area contributed by atoms with Crippen LogP contribution in [0.3, 0.4) is 0 Å². The van der Waals surface area contributed by atoms with E-state index in [4.69, 9.17) is 27.4 Å². The lowest BCUT2D eigenvalue weighted by molar-refractivity contribution is -0.385. The second kappa shape index (κ2) is 6.75. The number of hydrogen-bond donors (Lipinski definition) is 1. The maximum atomic E-state index is 11.4. The molecule has 0 amide bonds. The number of benzene rings is 2. The Morgan fingerprint density at radius 2 is 2.04 bits per heavy atom. The first kappa shape index (κ1) is 18.2. The molecule has 9 heteroatoms. The van der Waals surface area contributed by atoms with E-state index in [1.165, 1.54) is 6.07 Å². The van der Waals surface area contributed by atoms with Gasteiger partial charge in [0.05, 0.1) is 16.7 Å². The SMILES string of the molecule is Cc1ccc(C2=NN(C(N)=S)C(C)Cc3cc4c(cc32)OCO4)cc1[N+](=O)[O-]. The number of ether oxygens (including phenoxy) is 2. The third kappa shape index (κ3) is 3.03. The van der Waals surface area contributed by atoms with Crippen LogP contribution in [0.15, 0.2) is 35.4 Å². The Kier molecular flexibility index (Phi) is 4.38. The maximum absolute atomic E-state index is 11.4. The van der Waals surface area contributed by atoms with Crippen LogP contribution in [0, 0.1) is 17.0 Å². The molecule has 0 spiro atoms. The highest BCUT2D eigenvalue weighted by Crippen LogP contribution is 2.38. The van der Waals surface area contributed by atoms with Crippen molar-refractivity contribution in [1.82, 2.24) is 5.01 Å². The highest BCUT2D eigenvalue weighted by molar-refractivity contribution is 7.80. The lowest BCUT2D eigenvalue weighted by atomic mass is 9.93. The fourth-order valence-electron chi connectivity index (χ4n) is 3.47. The Hall–Kier alpha value is -3.20. The number of aryl methyl sites for hydroxylation is 1. The predicted molar refractivity (Wildman–Crippen MR) is 108 cm³/mol. The van der Waals surface area contributed by atoms with E-state index in [1.54, 1.807) is 18.0 Å². The average molecular weight is 398 g/mol. The van der Waals surface area contributed by atoms with E-state index in [9.17, 15) is 10.1 Å². The standard InChI is InChI=1S/C19H18N4O4S/c1-10-3-4-12(6-15(10)23(24)25)18-14-8-17-16(26-9-27-17)7-13(14)5-11(2)22(21-18)19(20)28/h3-4,6-8,11H,5,9H2,1-2H3,(H2,20,28). The van der Waals surface area contributed by atoms with Crippen LogP contribution in [0.25, 0.3) is 0 Å². The third-order valence-corrected chi connectivity index (χ3v) is 5.09. The quantitative estimate of drug-likeness (QED) is 0.471. The van der Waals surface area contributed by atoms with Crippen LogP contribution in [-0.2, 0) is 6.42 Å². The number of nitrogens with two attached hydrogens (primary N) is 1. The Bertz CT molecular complexity index is 1040. The minimum Gasteiger partial charge on any atom is -0.454 e. The molecule has 0 saturated heterocycles. The summed E-state index contributed by atoms with van der Waals surface area (Å²) >= 11 is 5.18. The summed E-state index contributed by atoms with van der Waals surface area (Å²) in [5, 5.41) is 17.8. The molecule has 2 aromatic rings. The molecule has 0 fully saturated rings. The van der Waals surface area contributed by atoms with Gasteiger partial charge in [0, 0.05) is 22.8 Å². The van der Waals surface area contributed by atoms with E-state index in [0.29, 0.717) is 34.8 Å². The van der Waals surface area contributed by atoms with Gasteiger partial charge in [-0.05, 0) is 50.2 Å². The summed E-state index contributed by atoms with van der Waals surface area (Å²) in [6.07, 6.45) is 0.629. The molecule has 4 rings (SSSR count). The van der Waals surface area contributed by atoms with Crippen LogP contribution in [0.5, 0.6) is 11.5 Å². The second-order valence-electron chi connectivity index (χ2n) is 6.81. The van der Waals surface area contributed by atoms with Gasteiger partial charge in [-0.15, -0.1) is 0 Å². The Labute approximate surface area is 166 Å². The highest BCUT2D eigenvalue weighted by atomic mass is 32.1. The number of hydrazone groups is 1. The molecule has 0 radical (unpaired) electrons. The van der Waals surface area contributed by atoms with Crippen molar-refractivity contribution in [3.63, 3.8) is 0 Å². The van der Waals surface area contributed by atoms with E-state index in [-0.39, 0.29) is 23.6 Å². The van der Waals surface area contributed by atoms with Crippen LogP contribution >= 0.6 is 12.2 Å². The number of rotatable bonds is 2. The fraction of sp³-hybridized carbons (Fsp3) is 0.263. The first-order valence-electron chi connectivity index (χ1n) is 8.70. The number of nitrogens with zero attached hydrogens (tertiary/aromatic N) is 3. The fourth-order valence-corrected chi connectivity index (χ4v) is 3.69. The van der Waals surface area contributed by atoms with Crippen molar-refractivity contribution in [2.75, 3.05) is 6.79 Å². The van der Waals surface area contributed by atoms with Crippen LogP contribution in [0.2, 0.25) is 0 Å². The molecule has 2 aliphatic heterocycles. The normalized spacial score (nSPS) is 17.6. The molecular weight excluding hydrogens is 380 g/mol. The molecule has 2 N–H and O–H groups in total. The molecule has 2 heterocycles. The summed E-state index contributed by atoms with van der Waals surface area (Å²) < 4.78 is 11.0. The summed E-state index contributed by atoms with van der Waals surface area (Å²) in [5.74, 6) is 1.29. The van der Waals surface area contributed by atoms with Gasteiger partial charge >= 0.3 is 0 Å². The number of fused-ring (bicyclic) bond motifs is 2. The predicted octanol–water partition coefficient (Wildman–Crippen LogP) is 2.87. The lowest BCUT2D eigenvalue weighted by Gasteiger charge is -2.23. The zero-order valence-electron chi connectivity index (χ0n) is 15.3. The molecule has 144 valence electrons. The van der Waals surface area contributed by atoms with Gasteiger partial charge in [-0.25, -0.2) is 5.01 Å². The van der Waals surface area contributed by atoms with Gasteiger partial charge in [-0.3, -0.25) is 10.1 Å². The lowest BCUT2D eigenvalue weighted by Crippen LogP contribution is -2.38. The number of hydrogen-bond acceptors (Lipinski definition) is 6. The topological polar surface area (TPSA) is 103 Å². The average Bonchev–Trinajstić information content (AvgIpc) is 3.03. The molecule has 2 aromatic carbocycles. The highest BCUT2D eigenvalue weighted by Gasteiger charge is 2.28. The zero-order chi connectivity index (χ0) is 20.0. The third-order valence-electron chi connectivity index (χ3n) is 4.90. The number of thiocarbonyl (C=S) groups is 1. The molecule has 2 aliphatic rings. The zero-order valence-corrected chi connectivity index (χ0v) is 16.2. The first-order valence-corrected chi connectivity index (χ1v) is 9.11. The van der Waals surface area contributed by atoms with E-state index >= 15 is 0 Å². The Balaban J connectivity index is 1.95. The summed E-state index contributed by atoms with van der Waals surface area (Å²) in [6, 6.07) is 8.74. The molecule has 1 atom stereocenters. The van der Waals surface area contributed by atoms with Gasteiger partial charge in [0.25, 0.3) is 5.69 Å². The van der Waals surface area contributed by atoms with Gasteiger partial charge in [0.2, 0.25) is 6.79 Å². The molecule has 0 saturated carbocycles. The van der Waals surface area contributed by atoms with Crippen molar-refractivity contribution in [2.45, 2.75) is 26.3 Å². The van der Waals surface area contributed by atoms with Gasteiger partial charge < -0.3 is 15.2 Å². The molecule has 0 aromatic heterocycles. The summed E-state index contributed by atoms with van der Waals surface area (Å²) in [4.78, 5) is 11.0. The van der Waals surface area contributed by atoms with Crippen molar-refractivity contribution in [1.29, 1.82) is 0 Å². The summed E-state index contributed by atoms with van der Waals surface area (Å²) in [7, 11) is 0. The van der Waals surface area contributed by atoms with Crippen molar-refractivity contribution in [2.24, 2.45) is 10.8 Å². The van der Waals surface area contributed by atoms with Crippen molar-refractivity contribution < 1.29 is 14.4 Å². The molecule has 28 heavy (non-hydrogen) atoms. The monoisotopic (exact) mass is 398 g/mol. The van der Waals surface area contributed by atoms with Crippen LogP contribution in [0.1, 0.15) is 29.2 Å². The van der Waals surface area contributed by atoms with Gasteiger partial charge in [0.15, 0.2) is 16.6 Å². The molecule has 0 bridgehead atoms. The van der Waals surface area contributed by atoms with Gasteiger partial charge in [-0.2, -0.15) is 5.10 Å². The van der Waals surface area contributed by atoms with Gasteiger partial charge in [0.1, 0.15) is 0 Å². The van der Waals surface area contributed by atoms with Crippen molar-refractivity contribution in [3.05, 3.63) is 62.7 Å². The Morgan fingerprint density at radius 3 is 2.71 bits per heavy atom. The van der Waals surface area contributed by atoms with E-state index < -0.39 is 4.92 Å². The molecular formula is C19H18N4O4S. The van der Waals surface area contributed by atoms with E-state index in [0.717, 1.165) is 11.1 Å². The second-order valence-corrected chi connectivity index (χ2v) is 7.22. The minimum absolute atomic E-state index is 0.0293. The largest absolute Gasteiger partial charge is 0.454 e. The van der Waals surface area contributed by atoms with Crippen LogP contribution < -0.4 is 15.2 Å². The minimum atomic E-state index is -0.398. The van der Waals surface area contributed by atoms with Gasteiger partial charge in [-0.1, -0.05) is 12.1 Å². The first-order chi connectivity index (χ1) is 13.3. The number of nitro groups is 1. The smallest absolute Gasteiger partial charge is 0.272 e. The summed E-state index contributed by atoms with van der Waals surface area (Å²) in [6.45, 7) is 3.83. The Morgan fingerprint density at radius 1 is 1.32 bits per heavy atom. The summed E-state index contributed by atoms with van der Waals surface area (Å²) in [5.41, 5.74) is 9.45. The van der Waals surface area contributed by atoms with Crippen molar-refractivity contribution >= 4 is 28.7 Å². The maximum Gasteiger partial charge on any atom is 0.272 e. The van der Waals surface area contributed by atoms with E-state index in [1.807, 2.05) is 25.1 Å². The van der Waals surface area contributed by atoms with Crippen LogP contribution in [0.4, 0.5) is 5.69 Å². The van der Waals surface area contributed by atoms with Crippen molar-refractivity contribution in [3.8, 4) is 11.5 Å². The number of nitro benzene ring substituents is 1.